The van der Waals surface area contributed by atoms with Gasteiger partial charge in [-0.2, -0.15) is 5.26 Å². The summed E-state index contributed by atoms with van der Waals surface area (Å²) in [5, 5.41) is 8.88. The van der Waals surface area contributed by atoms with Crippen molar-refractivity contribution in [3.63, 3.8) is 0 Å². The molecule has 1 aliphatic rings. The summed E-state index contributed by atoms with van der Waals surface area (Å²) >= 11 is 0. The van der Waals surface area contributed by atoms with E-state index in [0.717, 1.165) is 37.0 Å². The largest absolute Gasteiger partial charge is 0.492 e. The Hall–Kier alpha value is -1.53. The quantitative estimate of drug-likeness (QED) is 0.828. The van der Waals surface area contributed by atoms with Crippen LogP contribution in [0.3, 0.4) is 0 Å². The second-order valence-electron chi connectivity index (χ2n) is 6.06. The normalized spacial score (nSPS) is 17.3. The lowest BCUT2D eigenvalue weighted by Crippen LogP contribution is -2.22. The van der Waals surface area contributed by atoms with Crippen LogP contribution in [0.15, 0.2) is 18.2 Å². The molecular weight excluding hydrogens is 248 g/mol. The van der Waals surface area contributed by atoms with E-state index >= 15 is 0 Å². The molecule has 3 nitrogen and oxygen atoms in total. The lowest BCUT2D eigenvalue weighted by molar-refractivity contribution is 0.233. The monoisotopic (exact) mass is 272 g/mol. The number of ether oxygens (including phenoxy) is 1. The first-order valence-electron chi connectivity index (χ1n) is 7.44. The second-order valence-corrected chi connectivity index (χ2v) is 6.06. The average molecular weight is 272 g/mol. The molecule has 0 aliphatic heterocycles. The number of nitrogens with two attached hydrogens (primary N) is 1. The van der Waals surface area contributed by atoms with Crippen molar-refractivity contribution in [1.29, 1.82) is 5.26 Å². The van der Waals surface area contributed by atoms with E-state index in [1.807, 2.05) is 0 Å². The summed E-state index contributed by atoms with van der Waals surface area (Å²) in [6.07, 6.45) is 4.62. The lowest BCUT2D eigenvalue weighted by Gasteiger charge is -2.19. The van der Waals surface area contributed by atoms with Crippen molar-refractivity contribution in [2.45, 2.75) is 52.0 Å². The molecule has 3 heteroatoms. The van der Waals surface area contributed by atoms with E-state index < -0.39 is 0 Å². The van der Waals surface area contributed by atoms with E-state index in [1.54, 1.807) is 0 Å². The molecular formula is C17H24N2O. The predicted molar refractivity (Wildman–Crippen MR) is 80.5 cm³/mol. The van der Waals surface area contributed by atoms with Crippen molar-refractivity contribution in [3.05, 3.63) is 29.3 Å². The van der Waals surface area contributed by atoms with Gasteiger partial charge < -0.3 is 10.5 Å². The number of rotatable bonds is 7. The van der Waals surface area contributed by atoms with Crippen LogP contribution < -0.4 is 10.5 Å². The van der Waals surface area contributed by atoms with Crippen LogP contribution in [0.25, 0.3) is 0 Å². The van der Waals surface area contributed by atoms with Crippen molar-refractivity contribution in [2.75, 3.05) is 6.61 Å². The van der Waals surface area contributed by atoms with Crippen molar-refractivity contribution >= 4 is 0 Å². The van der Waals surface area contributed by atoms with Crippen molar-refractivity contribution in [1.82, 2.24) is 0 Å². The third-order valence-electron chi connectivity index (χ3n) is 4.23. The van der Waals surface area contributed by atoms with Crippen LogP contribution in [0, 0.1) is 23.7 Å². The van der Waals surface area contributed by atoms with Crippen LogP contribution in [-0.2, 0) is 6.42 Å². The highest BCUT2D eigenvalue weighted by atomic mass is 16.5. The van der Waals surface area contributed by atoms with Gasteiger partial charge in [-0.1, -0.05) is 25.1 Å². The van der Waals surface area contributed by atoms with Gasteiger partial charge >= 0.3 is 0 Å². The molecule has 0 amide bonds. The molecule has 1 unspecified atom stereocenters. The zero-order chi connectivity index (χ0) is 14.6. The van der Waals surface area contributed by atoms with Gasteiger partial charge in [0.1, 0.15) is 5.75 Å². The molecule has 1 aliphatic carbocycles. The maximum absolute atomic E-state index is 8.88. The molecule has 1 fully saturated rings. The number of nitriles is 1. The molecule has 2 rings (SSSR count). The zero-order valence-corrected chi connectivity index (χ0v) is 12.5. The van der Waals surface area contributed by atoms with Gasteiger partial charge in [0.05, 0.1) is 12.7 Å². The summed E-state index contributed by atoms with van der Waals surface area (Å²) in [4.78, 5) is 0. The van der Waals surface area contributed by atoms with E-state index in [2.05, 4.69) is 38.1 Å². The fraction of sp³-hybridized carbons (Fsp3) is 0.588. The van der Waals surface area contributed by atoms with Crippen molar-refractivity contribution in [3.8, 4) is 11.8 Å². The first-order chi connectivity index (χ1) is 9.60. The van der Waals surface area contributed by atoms with Crippen molar-refractivity contribution in [2.24, 2.45) is 11.1 Å². The molecule has 1 aromatic rings. The summed E-state index contributed by atoms with van der Waals surface area (Å²) in [5.41, 5.74) is 8.52. The predicted octanol–water partition coefficient (Wildman–Crippen LogP) is 3.35. The SMILES string of the molecule is CCC(N)Cc1cccc(C)c1OCC1(CC#N)CC1. The molecule has 0 bridgehead atoms. The van der Waals surface area contributed by atoms with E-state index in [1.165, 1.54) is 5.56 Å². The Kier molecular flexibility index (Phi) is 4.67. The van der Waals surface area contributed by atoms with Gasteiger partial charge in [-0.25, -0.2) is 0 Å². The van der Waals surface area contributed by atoms with Gasteiger partial charge in [0.2, 0.25) is 0 Å². The maximum Gasteiger partial charge on any atom is 0.125 e. The Bertz CT molecular complexity index is 500. The topological polar surface area (TPSA) is 59.0 Å². The number of aryl methyl sites for hydroxylation is 1. The molecule has 0 radical (unpaired) electrons. The molecule has 2 N–H and O–H groups in total. The standard InChI is InChI=1S/C17H24N2O/c1-3-15(19)11-14-6-4-5-13(2)16(14)20-12-17(7-8-17)9-10-18/h4-6,15H,3,7-9,11-12,19H2,1-2H3. The number of hydrogen-bond acceptors (Lipinski definition) is 3. The smallest absolute Gasteiger partial charge is 0.125 e. The maximum atomic E-state index is 8.88. The third-order valence-corrected chi connectivity index (χ3v) is 4.23. The van der Waals surface area contributed by atoms with Crippen LogP contribution in [0.1, 0.15) is 43.7 Å². The fourth-order valence-corrected chi connectivity index (χ4v) is 2.45. The Morgan fingerprint density at radius 3 is 2.80 bits per heavy atom. The molecule has 0 heterocycles. The first-order valence-corrected chi connectivity index (χ1v) is 7.44. The van der Waals surface area contributed by atoms with Crippen LogP contribution in [0.2, 0.25) is 0 Å². The summed E-state index contributed by atoms with van der Waals surface area (Å²) in [6.45, 7) is 4.83. The summed E-state index contributed by atoms with van der Waals surface area (Å²) < 4.78 is 6.09. The minimum atomic E-state index is 0.112. The number of benzene rings is 1. The summed E-state index contributed by atoms with van der Waals surface area (Å²) in [7, 11) is 0. The molecule has 1 saturated carbocycles. The molecule has 20 heavy (non-hydrogen) atoms. The van der Waals surface area contributed by atoms with Gasteiger partial charge in [-0.15, -0.1) is 0 Å². The second kappa shape index (κ2) is 6.28. The number of hydrogen-bond donors (Lipinski definition) is 1. The van der Waals surface area contributed by atoms with Gasteiger partial charge in [-0.3, -0.25) is 0 Å². The molecule has 0 saturated heterocycles. The first kappa shape index (κ1) is 14.9. The van der Waals surface area contributed by atoms with Gasteiger partial charge in [0.25, 0.3) is 0 Å². The number of nitrogens with zero attached hydrogens (tertiary/aromatic N) is 1. The highest BCUT2D eigenvalue weighted by Crippen LogP contribution is 2.49. The van der Waals surface area contributed by atoms with E-state index in [-0.39, 0.29) is 11.5 Å². The van der Waals surface area contributed by atoms with Gasteiger partial charge in [-0.05, 0) is 43.7 Å². The fourth-order valence-electron chi connectivity index (χ4n) is 2.45. The molecule has 0 spiro atoms. The average Bonchev–Trinajstić information content (AvgIpc) is 3.18. The zero-order valence-electron chi connectivity index (χ0n) is 12.5. The van der Waals surface area contributed by atoms with E-state index in [0.29, 0.717) is 13.0 Å². The van der Waals surface area contributed by atoms with E-state index in [9.17, 15) is 0 Å². The molecule has 1 aromatic carbocycles. The van der Waals surface area contributed by atoms with Crippen LogP contribution in [0.5, 0.6) is 5.75 Å². The van der Waals surface area contributed by atoms with E-state index in [4.69, 9.17) is 15.7 Å². The van der Waals surface area contributed by atoms with Gasteiger partial charge in [0, 0.05) is 17.9 Å². The molecule has 1 atom stereocenters. The Morgan fingerprint density at radius 2 is 2.20 bits per heavy atom. The lowest BCUT2D eigenvalue weighted by atomic mass is 10.0. The van der Waals surface area contributed by atoms with Crippen molar-refractivity contribution < 1.29 is 4.74 Å². The minimum Gasteiger partial charge on any atom is -0.492 e. The molecule has 108 valence electrons. The van der Waals surface area contributed by atoms with Crippen LogP contribution in [0.4, 0.5) is 0 Å². The third kappa shape index (κ3) is 3.52. The van der Waals surface area contributed by atoms with Gasteiger partial charge in [0.15, 0.2) is 0 Å². The van der Waals surface area contributed by atoms with Crippen LogP contribution >= 0.6 is 0 Å². The minimum absolute atomic E-state index is 0.112. The Labute approximate surface area is 121 Å². The summed E-state index contributed by atoms with van der Waals surface area (Å²) in [5.74, 6) is 0.973. The Balaban J connectivity index is 2.08. The number of para-hydroxylation sites is 1. The Morgan fingerprint density at radius 1 is 1.45 bits per heavy atom. The molecule has 0 aromatic heterocycles. The summed E-state index contributed by atoms with van der Waals surface area (Å²) in [6, 6.07) is 8.68. The highest BCUT2D eigenvalue weighted by molar-refractivity contribution is 5.41. The highest BCUT2D eigenvalue weighted by Gasteiger charge is 2.43. The van der Waals surface area contributed by atoms with Crippen LogP contribution in [-0.4, -0.2) is 12.6 Å².